The molecule has 0 fully saturated rings. The predicted molar refractivity (Wildman–Crippen MR) is 157 cm³/mol. The van der Waals surface area contributed by atoms with Gasteiger partial charge in [-0.05, 0) is 58.7 Å². The number of aromatic nitrogens is 3. The van der Waals surface area contributed by atoms with Gasteiger partial charge in [0.25, 0.3) is 0 Å². The summed E-state index contributed by atoms with van der Waals surface area (Å²) >= 11 is 16.6. The molecular weight excluding hydrogens is 640 g/mol. The van der Waals surface area contributed by atoms with E-state index in [1.54, 1.807) is 43.7 Å². The van der Waals surface area contributed by atoms with Crippen LogP contribution in [0.4, 0.5) is 5.69 Å². The van der Waals surface area contributed by atoms with Crippen LogP contribution in [0, 0.1) is 6.92 Å². The summed E-state index contributed by atoms with van der Waals surface area (Å²) in [6.07, 6.45) is 5.25. The molecule has 2 amide bonds. The molecule has 0 radical (unpaired) electrons. The van der Waals surface area contributed by atoms with Crippen molar-refractivity contribution >= 4 is 87.1 Å². The average molecular weight is 664 g/mol. The molecule has 0 aliphatic heterocycles. The van der Waals surface area contributed by atoms with Crippen LogP contribution in [0.25, 0.3) is 5.65 Å². The van der Waals surface area contributed by atoms with Crippen LogP contribution in [0.3, 0.4) is 0 Å². The van der Waals surface area contributed by atoms with Crippen molar-refractivity contribution < 1.29 is 14.3 Å². The molecule has 13 heteroatoms. The Morgan fingerprint density at radius 2 is 1.92 bits per heavy atom. The van der Waals surface area contributed by atoms with Crippen molar-refractivity contribution in [3.05, 3.63) is 86.5 Å². The smallest absolute Gasteiger partial charge is 0.246 e. The SMILES string of the molecule is Cc1nc2c(OCc3c(Cl)ccc(N(C)C(=O)CNC(=O)Cc4cccnc4)c3Cl)cccn2c1Br.Cl.Cl. The first-order valence-electron chi connectivity index (χ1n) is 10.9. The van der Waals surface area contributed by atoms with E-state index in [1.807, 2.05) is 29.7 Å². The monoisotopic (exact) mass is 661 g/mol. The van der Waals surface area contributed by atoms with Gasteiger partial charge in [0.1, 0.15) is 11.2 Å². The molecule has 0 unspecified atom stereocenters. The van der Waals surface area contributed by atoms with Gasteiger partial charge in [-0.2, -0.15) is 0 Å². The summed E-state index contributed by atoms with van der Waals surface area (Å²) in [5, 5.41) is 3.32. The van der Waals surface area contributed by atoms with E-state index >= 15 is 0 Å². The van der Waals surface area contributed by atoms with E-state index in [1.165, 1.54) is 4.90 Å². The first-order valence-corrected chi connectivity index (χ1v) is 12.5. The highest BCUT2D eigenvalue weighted by Gasteiger charge is 2.20. The van der Waals surface area contributed by atoms with Gasteiger partial charge in [0.2, 0.25) is 11.8 Å². The second-order valence-electron chi connectivity index (χ2n) is 7.97. The van der Waals surface area contributed by atoms with E-state index < -0.39 is 0 Å². The van der Waals surface area contributed by atoms with Crippen LogP contribution in [-0.4, -0.2) is 39.8 Å². The molecule has 0 aliphatic carbocycles. The third-order valence-corrected chi connectivity index (χ3v) is 7.24. The zero-order valence-electron chi connectivity index (χ0n) is 20.3. The van der Waals surface area contributed by atoms with Crippen LogP contribution < -0.4 is 15.0 Å². The van der Waals surface area contributed by atoms with Crippen LogP contribution in [0.1, 0.15) is 16.8 Å². The molecule has 0 aliphatic rings. The van der Waals surface area contributed by atoms with Crippen LogP contribution >= 0.6 is 63.9 Å². The minimum absolute atomic E-state index is 0. The maximum absolute atomic E-state index is 12.8. The Hall–Kier alpha value is -2.56. The number of anilines is 1. The lowest BCUT2D eigenvalue weighted by Crippen LogP contribution is -2.39. The molecule has 8 nitrogen and oxygen atoms in total. The summed E-state index contributed by atoms with van der Waals surface area (Å²) < 4.78 is 8.74. The minimum Gasteiger partial charge on any atom is -0.485 e. The maximum atomic E-state index is 12.8. The largest absolute Gasteiger partial charge is 0.485 e. The molecule has 4 rings (SSSR count). The number of aryl methyl sites for hydroxylation is 1. The van der Waals surface area contributed by atoms with Crippen molar-refractivity contribution in [1.29, 1.82) is 0 Å². The van der Waals surface area contributed by atoms with Crippen LogP contribution in [0.5, 0.6) is 5.75 Å². The highest BCUT2D eigenvalue weighted by atomic mass is 79.9. The van der Waals surface area contributed by atoms with Gasteiger partial charge in [-0.3, -0.25) is 19.0 Å². The van der Waals surface area contributed by atoms with Gasteiger partial charge in [-0.25, -0.2) is 4.98 Å². The van der Waals surface area contributed by atoms with Crippen molar-refractivity contribution in [3.8, 4) is 5.75 Å². The summed E-state index contributed by atoms with van der Waals surface area (Å²) in [7, 11) is 1.58. The van der Waals surface area contributed by atoms with Crippen molar-refractivity contribution in [2.45, 2.75) is 20.0 Å². The van der Waals surface area contributed by atoms with Gasteiger partial charge in [0.15, 0.2) is 11.4 Å². The van der Waals surface area contributed by atoms with Gasteiger partial charge in [-0.15, -0.1) is 24.8 Å². The lowest BCUT2D eigenvalue weighted by molar-refractivity contribution is -0.124. The predicted octanol–water partition coefficient (Wildman–Crippen LogP) is 5.85. The van der Waals surface area contributed by atoms with Crippen molar-refractivity contribution in [2.24, 2.45) is 0 Å². The number of nitrogens with one attached hydrogen (secondary N) is 1. The van der Waals surface area contributed by atoms with Gasteiger partial charge in [0, 0.05) is 36.2 Å². The molecule has 0 saturated carbocycles. The van der Waals surface area contributed by atoms with E-state index in [9.17, 15) is 9.59 Å². The number of hydrogen-bond acceptors (Lipinski definition) is 5. The lowest BCUT2D eigenvalue weighted by Gasteiger charge is -2.21. The maximum Gasteiger partial charge on any atom is 0.246 e. The number of hydrogen-bond donors (Lipinski definition) is 1. The Morgan fingerprint density at radius 1 is 1.16 bits per heavy atom. The van der Waals surface area contributed by atoms with Crippen molar-refractivity contribution in [2.75, 3.05) is 18.5 Å². The van der Waals surface area contributed by atoms with E-state index in [-0.39, 0.29) is 61.2 Å². The number of halogens is 5. The van der Waals surface area contributed by atoms with Crippen molar-refractivity contribution in [3.63, 3.8) is 0 Å². The second kappa shape index (κ2) is 14.0. The lowest BCUT2D eigenvalue weighted by atomic mass is 10.2. The highest BCUT2D eigenvalue weighted by molar-refractivity contribution is 9.10. The highest BCUT2D eigenvalue weighted by Crippen LogP contribution is 2.35. The molecule has 0 bridgehead atoms. The molecule has 0 atom stereocenters. The van der Waals surface area contributed by atoms with Gasteiger partial charge < -0.3 is 15.0 Å². The quantitative estimate of drug-likeness (QED) is 0.256. The zero-order valence-corrected chi connectivity index (χ0v) is 25.0. The van der Waals surface area contributed by atoms with Crippen molar-refractivity contribution in [1.82, 2.24) is 19.7 Å². The van der Waals surface area contributed by atoms with E-state index in [0.717, 1.165) is 15.9 Å². The normalized spacial score (nSPS) is 10.3. The second-order valence-corrected chi connectivity index (χ2v) is 9.51. The first-order chi connectivity index (χ1) is 17.3. The number of ether oxygens (including phenoxy) is 1. The number of amides is 2. The molecule has 38 heavy (non-hydrogen) atoms. The summed E-state index contributed by atoms with van der Waals surface area (Å²) in [6.45, 7) is 1.78. The Balaban J connectivity index is 0.00000253. The Kier molecular flexibility index (Phi) is 11.7. The molecule has 0 saturated heterocycles. The fraction of sp³-hybridized carbons (Fsp3) is 0.200. The van der Waals surface area contributed by atoms with Crippen LogP contribution in [0.15, 0.2) is 59.6 Å². The molecule has 3 aromatic heterocycles. The number of pyridine rings is 2. The molecule has 202 valence electrons. The van der Waals surface area contributed by atoms with Gasteiger partial charge >= 0.3 is 0 Å². The number of fused-ring (bicyclic) bond motifs is 1. The molecule has 1 aromatic carbocycles. The minimum atomic E-state index is -0.340. The van der Waals surface area contributed by atoms with Crippen LogP contribution in [0.2, 0.25) is 10.0 Å². The fourth-order valence-electron chi connectivity index (χ4n) is 3.54. The number of carbonyl (C=O) groups excluding carboxylic acids is 2. The molecular formula is C25H24BrCl4N5O3. The topological polar surface area (TPSA) is 88.8 Å². The van der Waals surface area contributed by atoms with Gasteiger partial charge in [-0.1, -0.05) is 29.3 Å². The Labute approximate surface area is 250 Å². The van der Waals surface area contributed by atoms with Crippen LogP contribution in [-0.2, 0) is 22.6 Å². The molecule has 3 heterocycles. The standard InChI is InChI=1S/C25H22BrCl2N5O3.2ClH/c1-15-24(26)33-10-4-6-20(25(33)31-15)36-14-17-18(27)7-8-19(23(17)28)32(2)22(35)13-30-21(34)11-16-5-3-9-29-12-16;;/h3-10,12H,11,13-14H2,1-2H3,(H,30,34);2*1H. The van der Waals surface area contributed by atoms with E-state index in [2.05, 4.69) is 31.2 Å². The number of likely N-dealkylation sites (N-methyl/N-ethyl adjacent to an activating group) is 1. The van der Waals surface area contributed by atoms with Gasteiger partial charge in [0.05, 0.1) is 29.4 Å². The third kappa shape index (κ3) is 7.09. The molecule has 4 aromatic rings. The van der Waals surface area contributed by atoms with E-state index in [4.69, 9.17) is 27.9 Å². The zero-order chi connectivity index (χ0) is 25.8. The number of carbonyl (C=O) groups is 2. The van der Waals surface area contributed by atoms with E-state index in [0.29, 0.717) is 27.7 Å². The Bertz CT molecular complexity index is 1440. The number of imidazole rings is 1. The number of nitrogens with zero attached hydrogens (tertiary/aromatic N) is 4. The number of rotatable bonds is 8. The number of benzene rings is 1. The summed E-state index contributed by atoms with van der Waals surface area (Å²) in [6, 6.07) is 10.5. The average Bonchev–Trinajstić information content (AvgIpc) is 3.16. The summed E-state index contributed by atoms with van der Waals surface area (Å²) in [5.41, 5.74) is 3.22. The summed E-state index contributed by atoms with van der Waals surface area (Å²) in [5.74, 6) is -0.0613. The molecule has 0 spiro atoms. The fourth-order valence-corrected chi connectivity index (χ4v) is 4.53. The Morgan fingerprint density at radius 3 is 2.63 bits per heavy atom. The third-order valence-electron chi connectivity index (χ3n) is 5.51. The summed E-state index contributed by atoms with van der Waals surface area (Å²) in [4.78, 5) is 34.9. The first kappa shape index (κ1) is 31.7. The molecule has 1 N–H and O–H groups in total.